The van der Waals surface area contributed by atoms with Crippen molar-refractivity contribution in [1.82, 2.24) is 4.90 Å². The first-order valence-corrected chi connectivity index (χ1v) is 6.83. The standard InChI is InChI=1S/C12H16INO/c13-10-14-8-6-12(15,7-9-14)11-4-2-1-3-5-11/h1-5,15H,6-10H2. The zero-order valence-electron chi connectivity index (χ0n) is 8.69. The van der Waals surface area contributed by atoms with E-state index in [0.717, 1.165) is 36.0 Å². The molecule has 1 aliphatic rings. The number of hydrogen-bond donors (Lipinski definition) is 1. The zero-order chi connectivity index (χ0) is 10.7. The van der Waals surface area contributed by atoms with Crippen molar-refractivity contribution in [2.24, 2.45) is 0 Å². The highest BCUT2D eigenvalue weighted by Gasteiger charge is 2.33. The van der Waals surface area contributed by atoms with Gasteiger partial charge in [-0.15, -0.1) is 0 Å². The fourth-order valence-electron chi connectivity index (χ4n) is 2.08. The highest BCUT2D eigenvalue weighted by Crippen LogP contribution is 2.32. The van der Waals surface area contributed by atoms with Gasteiger partial charge in [0, 0.05) is 13.1 Å². The van der Waals surface area contributed by atoms with Gasteiger partial charge in [0.15, 0.2) is 0 Å². The van der Waals surface area contributed by atoms with E-state index in [2.05, 4.69) is 27.5 Å². The quantitative estimate of drug-likeness (QED) is 0.514. The summed E-state index contributed by atoms with van der Waals surface area (Å²) in [6.07, 6.45) is 1.69. The summed E-state index contributed by atoms with van der Waals surface area (Å²) in [7, 11) is 0. The van der Waals surface area contributed by atoms with Gasteiger partial charge in [-0.25, -0.2) is 0 Å². The van der Waals surface area contributed by atoms with Crippen LogP contribution in [0, 0.1) is 0 Å². The van der Waals surface area contributed by atoms with Crippen LogP contribution in [-0.4, -0.2) is 27.6 Å². The first kappa shape index (κ1) is 11.4. The molecule has 0 amide bonds. The van der Waals surface area contributed by atoms with Gasteiger partial charge in [0.2, 0.25) is 0 Å². The lowest BCUT2D eigenvalue weighted by Gasteiger charge is -2.37. The Hall–Kier alpha value is -0.130. The van der Waals surface area contributed by atoms with Gasteiger partial charge in [-0.3, -0.25) is 4.90 Å². The second-order valence-electron chi connectivity index (χ2n) is 4.14. The average molecular weight is 317 g/mol. The van der Waals surface area contributed by atoms with Gasteiger partial charge in [-0.05, 0) is 18.4 Å². The fourth-order valence-corrected chi connectivity index (χ4v) is 2.76. The number of halogens is 1. The summed E-state index contributed by atoms with van der Waals surface area (Å²) in [5, 5.41) is 10.5. The minimum Gasteiger partial charge on any atom is -0.385 e. The lowest BCUT2D eigenvalue weighted by molar-refractivity contribution is -0.0209. The van der Waals surface area contributed by atoms with Crippen molar-refractivity contribution < 1.29 is 5.11 Å². The van der Waals surface area contributed by atoms with Crippen LogP contribution >= 0.6 is 22.6 Å². The summed E-state index contributed by atoms with van der Waals surface area (Å²) >= 11 is 2.38. The molecule has 0 aromatic heterocycles. The molecular weight excluding hydrogens is 301 g/mol. The van der Waals surface area contributed by atoms with Crippen molar-refractivity contribution >= 4 is 22.6 Å². The topological polar surface area (TPSA) is 23.5 Å². The van der Waals surface area contributed by atoms with Crippen LogP contribution in [0.2, 0.25) is 0 Å². The number of benzene rings is 1. The lowest BCUT2D eigenvalue weighted by atomic mass is 9.85. The largest absolute Gasteiger partial charge is 0.385 e. The van der Waals surface area contributed by atoms with Gasteiger partial charge in [-0.2, -0.15) is 0 Å². The molecule has 0 aliphatic carbocycles. The summed E-state index contributed by atoms with van der Waals surface area (Å²) in [5.41, 5.74) is 0.474. The van der Waals surface area contributed by atoms with Crippen LogP contribution in [0.4, 0.5) is 0 Å². The molecule has 1 aromatic carbocycles. The molecule has 1 fully saturated rings. The summed E-state index contributed by atoms with van der Waals surface area (Å²) in [5.74, 6) is 0. The highest BCUT2D eigenvalue weighted by molar-refractivity contribution is 14.1. The van der Waals surface area contributed by atoms with E-state index in [-0.39, 0.29) is 0 Å². The van der Waals surface area contributed by atoms with Crippen LogP contribution in [0.3, 0.4) is 0 Å². The van der Waals surface area contributed by atoms with E-state index < -0.39 is 5.60 Å². The maximum absolute atomic E-state index is 10.5. The van der Waals surface area contributed by atoms with Gasteiger partial charge >= 0.3 is 0 Å². The van der Waals surface area contributed by atoms with Crippen LogP contribution in [-0.2, 0) is 5.60 Å². The number of nitrogens with zero attached hydrogens (tertiary/aromatic N) is 1. The van der Waals surface area contributed by atoms with E-state index in [1.165, 1.54) is 0 Å². The van der Waals surface area contributed by atoms with Crippen LogP contribution in [0.5, 0.6) is 0 Å². The molecule has 1 saturated heterocycles. The number of alkyl halides is 1. The fraction of sp³-hybridized carbons (Fsp3) is 0.500. The first-order chi connectivity index (χ1) is 7.24. The number of rotatable bonds is 2. The zero-order valence-corrected chi connectivity index (χ0v) is 10.9. The van der Waals surface area contributed by atoms with Crippen molar-refractivity contribution in [3.05, 3.63) is 35.9 Å². The second-order valence-corrected chi connectivity index (χ2v) is 4.82. The predicted molar refractivity (Wildman–Crippen MR) is 70.0 cm³/mol. The molecule has 1 aromatic rings. The van der Waals surface area contributed by atoms with Gasteiger partial charge in [0.25, 0.3) is 0 Å². The second kappa shape index (κ2) is 4.80. The van der Waals surface area contributed by atoms with E-state index in [1.54, 1.807) is 0 Å². The third-order valence-electron chi connectivity index (χ3n) is 3.16. The molecule has 1 N–H and O–H groups in total. The predicted octanol–water partition coefficient (Wildman–Crippen LogP) is 2.36. The Labute approximate surface area is 104 Å². The molecule has 0 atom stereocenters. The third kappa shape index (κ3) is 2.52. The molecule has 0 radical (unpaired) electrons. The van der Waals surface area contributed by atoms with Crippen molar-refractivity contribution in [3.8, 4) is 0 Å². The Bertz CT molecular complexity index is 307. The third-order valence-corrected chi connectivity index (χ3v) is 4.13. The van der Waals surface area contributed by atoms with Gasteiger partial charge in [0.1, 0.15) is 0 Å². The van der Waals surface area contributed by atoms with Crippen molar-refractivity contribution in [3.63, 3.8) is 0 Å². The Morgan fingerprint density at radius 3 is 2.33 bits per heavy atom. The van der Waals surface area contributed by atoms with E-state index in [9.17, 15) is 5.11 Å². The van der Waals surface area contributed by atoms with Crippen LogP contribution in [0.1, 0.15) is 18.4 Å². The van der Waals surface area contributed by atoms with Gasteiger partial charge < -0.3 is 5.11 Å². The van der Waals surface area contributed by atoms with Crippen molar-refractivity contribution in [2.75, 3.05) is 17.6 Å². The van der Waals surface area contributed by atoms with Crippen molar-refractivity contribution in [1.29, 1.82) is 0 Å². The van der Waals surface area contributed by atoms with E-state index in [4.69, 9.17) is 0 Å². The van der Waals surface area contributed by atoms with Crippen molar-refractivity contribution in [2.45, 2.75) is 18.4 Å². The molecule has 2 nitrogen and oxygen atoms in total. The lowest BCUT2D eigenvalue weighted by Crippen LogP contribution is -2.41. The van der Waals surface area contributed by atoms with E-state index in [0.29, 0.717) is 0 Å². The Balaban J connectivity index is 2.10. The maximum atomic E-state index is 10.5. The Morgan fingerprint density at radius 1 is 1.20 bits per heavy atom. The highest BCUT2D eigenvalue weighted by atomic mass is 127. The number of hydrogen-bond acceptors (Lipinski definition) is 2. The number of piperidine rings is 1. The van der Waals surface area contributed by atoms with Crippen LogP contribution in [0.25, 0.3) is 0 Å². The molecule has 2 rings (SSSR count). The normalized spacial score (nSPS) is 21.5. The molecular formula is C12H16INO. The number of aliphatic hydroxyl groups is 1. The molecule has 1 heterocycles. The summed E-state index contributed by atoms with van der Waals surface area (Å²) in [4.78, 5) is 2.37. The van der Waals surface area contributed by atoms with Crippen LogP contribution < -0.4 is 0 Å². The maximum Gasteiger partial charge on any atom is 0.0920 e. The summed E-state index contributed by atoms with van der Waals surface area (Å²) < 4.78 is 1.06. The molecule has 0 spiro atoms. The minimum absolute atomic E-state index is 0.594. The Kier molecular flexibility index (Phi) is 3.64. The molecule has 0 unspecified atom stereocenters. The van der Waals surface area contributed by atoms with E-state index in [1.807, 2.05) is 30.3 Å². The first-order valence-electron chi connectivity index (χ1n) is 5.31. The molecule has 0 bridgehead atoms. The number of likely N-dealkylation sites (tertiary alicyclic amines) is 1. The smallest absolute Gasteiger partial charge is 0.0920 e. The molecule has 15 heavy (non-hydrogen) atoms. The molecule has 82 valence electrons. The SMILES string of the molecule is OC1(c2ccccc2)CCN(CI)CC1. The Morgan fingerprint density at radius 2 is 1.80 bits per heavy atom. The van der Waals surface area contributed by atoms with E-state index >= 15 is 0 Å². The molecule has 1 aliphatic heterocycles. The molecule has 3 heteroatoms. The summed E-state index contributed by atoms with van der Waals surface area (Å²) in [6.45, 7) is 1.99. The van der Waals surface area contributed by atoms with Gasteiger partial charge in [0.05, 0.1) is 10.2 Å². The monoisotopic (exact) mass is 317 g/mol. The summed E-state index contributed by atoms with van der Waals surface area (Å²) in [6, 6.07) is 10.0. The molecule has 0 saturated carbocycles. The average Bonchev–Trinajstić information content (AvgIpc) is 2.31. The van der Waals surface area contributed by atoms with Gasteiger partial charge in [-0.1, -0.05) is 52.9 Å². The minimum atomic E-state index is -0.594. The van der Waals surface area contributed by atoms with Crippen LogP contribution in [0.15, 0.2) is 30.3 Å².